The highest BCUT2D eigenvalue weighted by Crippen LogP contribution is 2.52. The second-order valence-electron chi connectivity index (χ2n) is 7.41. The summed E-state index contributed by atoms with van der Waals surface area (Å²) in [5.74, 6) is 3.68. The molecule has 0 N–H and O–H groups in total. The van der Waals surface area contributed by atoms with E-state index in [9.17, 15) is 0 Å². The molecule has 2 aromatic rings. The summed E-state index contributed by atoms with van der Waals surface area (Å²) in [6.07, 6.45) is -0.157. The van der Waals surface area contributed by atoms with Crippen molar-refractivity contribution in [1.29, 1.82) is 0 Å². The van der Waals surface area contributed by atoms with Crippen LogP contribution in [-0.4, -0.2) is 48.8 Å². The number of benzene rings is 2. The monoisotopic (exact) mass is 416 g/mol. The summed E-state index contributed by atoms with van der Waals surface area (Å²) >= 11 is 0. The maximum atomic E-state index is 6.24. The molecule has 30 heavy (non-hydrogen) atoms. The summed E-state index contributed by atoms with van der Waals surface area (Å²) in [6, 6.07) is 9.84. The van der Waals surface area contributed by atoms with Gasteiger partial charge in [0, 0.05) is 11.8 Å². The summed E-state index contributed by atoms with van der Waals surface area (Å²) in [7, 11) is 8.10. The average molecular weight is 416 g/mol. The standard InChI is InChI=1S/C23H28O7/c1-24-17-7-6-13(8-18(17)25-2)21-15-11-30-22(16(15)12-29-21)14-9-19(26-3)23(28-5)20(10-14)27-4/h6-10,15-16,21-22H,11-12H2,1-5H3/t15-,16-,21-,22+/m0/s1. The molecule has 0 unspecified atom stereocenters. The van der Waals surface area contributed by atoms with E-state index in [4.69, 9.17) is 33.2 Å². The van der Waals surface area contributed by atoms with Crippen LogP contribution in [0.4, 0.5) is 0 Å². The van der Waals surface area contributed by atoms with Gasteiger partial charge in [0.2, 0.25) is 5.75 Å². The van der Waals surface area contributed by atoms with Gasteiger partial charge in [0.05, 0.1) is 61.0 Å². The number of rotatable bonds is 7. The van der Waals surface area contributed by atoms with Crippen LogP contribution in [-0.2, 0) is 9.47 Å². The molecule has 0 amide bonds. The van der Waals surface area contributed by atoms with E-state index < -0.39 is 0 Å². The van der Waals surface area contributed by atoms with E-state index in [-0.39, 0.29) is 24.0 Å². The van der Waals surface area contributed by atoms with Gasteiger partial charge in [-0.2, -0.15) is 0 Å². The third-order valence-corrected chi connectivity index (χ3v) is 6.02. The number of hydrogen-bond acceptors (Lipinski definition) is 7. The van der Waals surface area contributed by atoms with Crippen LogP contribution in [0.15, 0.2) is 30.3 Å². The van der Waals surface area contributed by atoms with Gasteiger partial charge in [-0.05, 0) is 35.4 Å². The highest BCUT2D eigenvalue weighted by Gasteiger charge is 2.48. The molecule has 2 aliphatic heterocycles. The number of ether oxygens (including phenoxy) is 7. The Balaban J connectivity index is 1.61. The molecule has 0 spiro atoms. The van der Waals surface area contributed by atoms with Crippen LogP contribution in [0.5, 0.6) is 28.7 Å². The molecule has 162 valence electrons. The van der Waals surface area contributed by atoms with Gasteiger partial charge in [-0.3, -0.25) is 0 Å². The summed E-state index contributed by atoms with van der Waals surface area (Å²) in [5, 5.41) is 0. The Morgan fingerprint density at radius 3 is 1.60 bits per heavy atom. The average Bonchev–Trinajstić information content (AvgIpc) is 3.39. The highest BCUT2D eigenvalue weighted by molar-refractivity contribution is 5.54. The van der Waals surface area contributed by atoms with Crippen molar-refractivity contribution >= 4 is 0 Å². The summed E-state index contributed by atoms with van der Waals surface area (Å²) < 4.78 is 39.7. The second kappa shape index (κ2) is 8.62. The van der Waals surface area contributed by atoms with Crippen molar-refractivity contribution in [3.8, 4) is 28.7 Å². The number of fused-ring (bicyclic) bond motifs is 1. The molecule has 0 saturated carbocycles. The predicted molar refractivity (Wildman–Crippen MR) is 110 cm³/mol. The molecule has 0 aromatic heterocycles. The van der Waals surface area contributed by atoms with Crippen molar-refractivity contribution < 1.29 is 33.2 Å². The van der Waals surface area contributed by atoms with Gasteiger partial charge in [0.1, 0.15) is 0 Å². The maximum Gasteiger partial charge on any atom is 0.203 e. The topological polar surface area (TPSA) is 64.6 Å². The molecule has 2 saturated heterocycles. The van der Waals surface area contributed by atoms with Gasteiger partial charge in [0.15, 0.2) is 23.0 Å². The van der Waals surface area contributed by atoms with Crippen molar-refractivity contribution in [3.63, 3.8) is 0 Å². The summed E-state index contributed by atoms with van der Waals surface area (Å²) in [4.78, 5) is 0. The third kappa shape index (κ3) is 3.42. The molecule has 2 aliphatic rings. The Morgan fingerprint density at radius 1 is 0.600 bits per heavy atom. The van der Waals surface area contributed by atoms with Crippen LogP contribution in [0.2, 0.25) is 0 Å². The number of hydrogen-bond donors (Lipinski definition) is 0. The van der Waals surface area contributed by atoms with Crippen molar-refractivity contribution in [2.45, 2.75) is 12.2 Å². The van der Waals surface area contributed by atoms with Crippen LogP contribution in [0.3, 0.4) is 0 Å². The first kappa shape index (κ1) is 20.6. The van der Waals surface area contributed by atoms with E-state index in [1.165, 1.54) is 0 Å². The first-order chi connectivity index (χ1) is 14.6. The number of methoxy groups -OCH3 is 5. The van der Waals surface area contributed by atoms with Crippen molar-refractivity contribution in [1.82, 2.24) is 0 Å². The van der Waals surface area contributed by atoms with Crippen molar-refractivity contribution in [2.75, 3.05) is 48.8 Å². The third-order valence-electron chi connectivity index (χ3n) is 6.02. The molecule has 0 bridgehead atoms. The fourth-order valence-corrected chi connectivity index (χ4v) is 4.53. The Bertz CT molecular complexity index is 872. The Labute approximate surface area is 176 Å². The minimum absolute atomic E-state index is 0.0538. The Hall–Kier alpha value is -2.64. The molecule has 0 radical (unpaired) electrons. The Morgan fingerprint density at radius 2 is 1.10 bits per heavy atom. The van der Waals surface area contributed by atoms with E-state index in [0.717, 1.165) is 11.1 Å². The smallest absolute Gasteiger partial charge is 0.203 e. The quantitative estimate of drug-likeness (QED) is 0.680. The lowest BCUT2D eigenvalue weighted by molar-refractivity contribution is 0.0191. The molecule has 4 rings (SSSR count). The summed E-state index contributed by atoms with van der Waals surface area (Å²) in [5.41, 5.74) is 2.06. The zero-order valence-corrected chi connectivity index (χ0v) is 18.0. The molecular formula is C23H28O7. The minimum atomic E-state index is -0.103. The highest BCUT2D eigenvalue weighted by atomic mass is 16.5. The lowest BCUT2D eigenvalue weighted by Gasteiger charge is -2.20. The lowest BCUT2D eigenvalue weighted by atomic mass is 9.84. The fraction of sp³-hybridized carbons (Fsp3) is 0.478. The van der Waals surface area contributed by atoms with E-state index in [2.05, 4.69) is 0 Å². The Kier molecular flexibility index (Phi) is 5.92. The minimum Gasteiger partial charge on any atom is -0.493 e. The zero-order chi connectivity index (χ0) is 21.3. The van der Waals surface area contributed by atoms with Crippen LogP contribution < -0.4 is 23.7 Å². The van der Waals surface area contributed by atoms with Gasteiger partial charge < -0.3 is 33.2 Å². The van der Waals surface area contributed by atoms with E-state index in [1.807, 2.05) is 30.3 Å². The lowest BCUT2D eigenvalue weighted by Crippen LogP contribution is -2.15. The second-order valence-corrected chi connectivity index (χ2v) is 7.41. The van der Waals surface area contributed by atoms with Crippen LogP contribution in [0, 0.1) is 11.8 Å². The molecule has 2 aromatic carbocycles. The van der Waals surface area contributed by atoms with Crippen molar-refractivity contribution in [2.24, 2.45) is 11.8 Å². The first-order valence-electron chi connectivity index (χ1n) is 9.90. The molecular weight excluding hydrogens is 388 g/mol. The van der Waals surface area contributed by atoms with Gasteiger partial charge in [-0.15, -0.1) is 0 Å². The van der Waals surface area contributed by atoms with Crippen molar-refractivity contribution in [3.05, 3.63) is 41.5 Å². The SMILES string of the molecule is COc1ccc([C@@H]2OC[C@H]3[C@@H]2CO[C@@H]3c2cc(OC)c(OC)c(OC)c2)cc1OC. The zero-order valence-electron chi connectivity index (χ0n) is 18.0. The van der Waals surface area contributed by atoms with Crippen LogP contribution in [0.1, 0.15) is 23.3 Å². The van der Waals surface area contributed by atoms with E-state index in [1.54, 1.807) is 35.5 Å². The fourth-order valence-electron chi connectivity index (χ4n) is 4.53. The molecule has 7 nitrogen and oxygen atoms in total. The van der Waals surface area contributed by atoms with Crippen LogP contribution >= 0.6 is 0 Å². The first-order valence-corrected chi connectivity index (χ1v) is 9.90. The van der Waals surface area contributed by atoms with Gasteiger partial charge in [0.25, 0.3) is 0 Å². The van der Waals surface area contributed by atoms with Gasteiger partial charge in [-0.25, -0.2) is 0 Å². The predicted octanol–water partition coefficient (Wildman–Crippen LogP) is 3.80. The summed E-state index contributed by atoms with van der Waals surface area (Å²) in [6.45, 7) is 1.23. The molecule has 7 heteroatoms. The molecule has 0 aliphatic carbocycles. The molecule has 2 fully saturated rings. The maximum absolute atomic E-state index is 6.24. The normalized spacial score (nSPS) is 25.0. The van der Waals surface area contributed by atoms with Gasteiger partial charge >= 0.3 is 0 Å². The van der Waals surface area contributed by atoms with E-state index >= 15 is 0 Å². The largest absolute Gasteiger partial charge is 0.493 e. The van der Waals surface area contributed by atoms with Gasteiger partial charge in [-0.1, -0.05) is 6.07 Å². The molecule has 2 heterocycles. The molecule has 4 atom stereocenters. The van der Waals surface area contributed by atoms with Crippen LogP contribution in [0.25, 0.3) is 0 Å². The van der Waals surface area contributed by atoms with E-state index in [0.29, 0.717) is 42.0 Å².